The Morgan fingerprint density at radius 2 is 0.909 bits per heavy atom. The van der Waals surface area contributed by atoms with Crippen LogP contribution in [0.2, 0.25) is 0 Å². The van der Waals surface area contributed by atoms with Gasteiger partial charge in [-0.1, -0.05) is 14.9 Å². The molecule has 0 aromatic rings. The molecule has 368 valence electrons. The van der Waals surface area contributed by atoms with E-state index in [4.69, 9.17) is 21.3 Å². The molecule has 0 saturated carbocycles. The average molecular weight is 939 g/mol. The average Bonchev–Trinajstić information content (AvgIpc) is 3.70. The molecule has 0 spiro atoms. The number of carbonyl (C=O) groups excluding carboxylic acids is 13. The second kappa shape index (κ2) is 30.5. The SMILES string of the molecule is C.C.CC(C)(C)OC(=O)CCC(NC(=O)CCCN1C(=O)C=CC1=O)C(=O)NCC(=O)NCC(N)=O.NC(=O)CNC(=O)CNC(=O)C(CCC(=O)O)NC(=O)CCCN1C(=O)C=CC1=O. The van der Waals surface area contributed by atoms with Crippen LogP contribution < -0.4 is 43.4 Å². The summed E-state index contributed by atoms with van der Waals surface area (Å²) in [6.45, 7) is 3.33. The molecule has 0 saturated heterocycles. The third kappa shape index (κ3) is 26.2. The number of carboxylic acid groups (broad SMARTS) is 1. The Bertz CT molecular complexity index is 1860. The first-order valence-corrected chi connectivity index (χ1v) is 19.6. The third-order valence-electron chi connectivity index (χ3n) is 8.15. The maximum Gasteiger partial charge on any atom is 0.306 e. The summed E-state index contributed by atoms with van der Waals surface area (Å²) < 4.78 is 5.20. The molecule has 2 atom stereocenters. The number of carbonyl (C=O) groups is 14. The molecule has 0 aliphatic carbocycles. The van der Waals surface area contributed by atoms with Crippen LogP contribution in [-0.2, 0) is 71.9 Å². The molecule has 2 aliphatic heterocycles. The fourth-order valence-corrected chi connectivity index (χ4v) is 5.17. The van der Waals surface area contributed by atoms with Crippen molar-refractivity contribution in [3.05, 3.63) is 24.3 Å². The summed E-state index contributed by atoms with van der Waals surface area (Å²) in [5.41, 5.74) is 9.08. The van der Waals surface area contributed by atoms with Gasteiger partial charge in [-0.05, 0) is 46.5 Å². The number of nitrogens with two attached hydrogens (primary N) is 2. The van der Waals surface area contributed by atoms with Gasteiger partial charge in [0.1, 0.15) is 17.7 Å². The zero-order valence-electron chi connectivity index (χ0n) is 35.5. The number of aliphatic carboxylic acids is 1. The van der Waals surface area contributed by atoms with E-state index in [1.54, 1.807) is 20.8 Å². The summed E-state index contributed by atoms with van der Waals surface area (Å²) in [5.74, 6) is -9.17. The molecule has 12 amide bonds. The van der Waals surface area contributed by atoms with Crippen molar-refractivity contribution in [1.29, 1.82) is 0 Å². The minimum absolute atomic E-state index is 0. The van der Waals surface area contributed by atoms with Crippen LogP contribution in [0.15, 0.2) is 24.3 Å². The number of nitrogens with zero attached hydrogens (tertiary/aromatic N) is 2. The Morgan fingerprint density at radius 1 is 0.561 bits per heavy atom. The summed E-state index contributed by atoms with van der Waals surface area (Å²) >= 11 is 0. The maximum absolute atomic E-state index is 12.5. The van der Waals surface area contributed by atoms with Crippen molar-refractivity contribution in [3.8, 4) is 0 Å². The molecule has 2 unspecified atom stereocenters. The molecule has 26 heteroatoms. The lowest BCUT2D eigenvalue weighted by molar-refractivity contribution is -0.155. The summed E-state index contributed by atoms with van der Waals surface area (Å²) in [4.78, 5) is 164. The molecule has 2 rings (SSSR count). The summed E-state index contributed by atoms with van der Waals surface area (Å²) in [5, 5.41) is 22.6. The van der Waals surface area contributed by atoms with E-state index in [2.05, 4.69) is 31.9 Å². The Labute approximate surface area is 380 Å². The predicted octanol–water partition coefficient (Wildman–Crippen LogP) is -3.95. The van der Waals surface area contributed by atoms with Crippen molar-refractivity contribution >= 4 is 82.8 Å². The summed E-state index contributed by atoms with van der Waals surface area (Å²) in [7, 11) is 0. The van der Waals surface area contributed by atoms with Crippen molar-refractivity contribution in [2.75, 3.05) is 39.3 Å². The highest BCUT2D eigenvalue weighted by molar-refractivity contribution is 6.13. The molecular formula is C40H62N10O16. The van der Waals surface area contributed by atoms with Crippen LogP contribution in [-0.4, -0.2) is 155 Å². The van der Waals surface area contributed by atoms with Crippen molar-refractivity contribution in [2.45, 2.75) is 105 Å². The minimum atomic E-state index is -1.21. The molecule has 11 N–H and O–H groups in total. The minimum Gasteiger partial charge on any atom is -0.481 e. The Balaban J connectivity index is 0. The number of primary amides is 2. The van der Waals surface area contributed by atoms with Gasteiger partial charge in [0.2, 0.25) is 47.3 Å². The van der Waals surface area contributed by atoms with Gasteiger partial charge in [-0.2, -0.15) is 0 Å². The molecule has 0 radical (unpaired) electrons. The van der Waals surface area contributed by atoms with E-state index < -0.39 is 133 Å². The Morgan fingerprint density at radius 3 is 1.23 bits per heavy atom. The number of hydrogen-bond donors (Lipinski definition) is 9. The van der Waals surface area contributed by atoms with E-state index in [0.717, 1.165) is 34.1 Å². The van der Waals surface area contributed by atoms with Gasteiger partial charge < -0.3 is 53.2 Å². The number of nitrogens with one attached hydrogen (secondary N) is 6. The zero-order chi connectivity index (χ0) is 48.6. The summed E-state index contributed by atoms with van der Waals surface area (Å²) in [6.07, 6.45) is 3.72. The zero-order valence-corrected chi connectivity index (χ0v) is 35.5. The Hall–Kier alpha value is -7.54. The van der Waals surface area contributed by atoms with Crippen LogP contribution in [0.3, 0.4) is 0 Å². The van der Waals surface area contributed by atoms with Gasteiger partial charge in [-0.3, -0.25) is 76.9 Å². The summed E-state index contributed by atoms with van der Waals surface area (Å²) in [6, 6.07) is -2.37. The predicted molar refractivity (Wildman–Crippen MR) is 230 cm³/mol. The van der Waals surface area contributed by atoms with Crippen LogP contribution in [0.25, 0.3) is 0 Å². The fraction of sp³-hybridized carbons (Fsp3) is 0.550. The maximum atomic E-state index is 12.5. The molecule has 66 heavy (non-hydrogen) atoms. The molecule has 26 nitrogen and oxygen atoms in total. The number of imide groups is 2. The van der Waals surface area contributed by atoms with Gasteiger partial charge in [-0.25, -0.2) is 0 Å². The Kier molecular flexibility index (Phi) is 28.0. The number of carboxylic acids is 1. The molecule has 2 aliphatic rings. The van der Waals surface area contributed by atoms with Gasteiger partial charge in [0.05, 0.1) is 26.2 Å². The van der Waals surface area contributed by atoms with Gasteiger partial charge >= 0.3 is 11.9 Å². The second-order valence-electron chi connectivity index (χ2n) is 14.7. The van der Waals surface area contributed by atoms with Gasteiger partial charge in [0.15, 0.2) is 0 Å². The molecule has 0 aromatic carbocycles. The van der Waals surface area contributed by atoms with Crippen LogP contribution >= 0.6 is 0 Å². The standard InChI is InChI=1S/C21H31N5O8.C17H23N5O8.2CH4/c1-21(2,3)34-19(32)9-6-13(20(33)24-12-16(29)23-11-14(22)27)25-15(28)5-4-10-26-17(30)7-8-18(26)31;18-11(23)8-19-13(25)9-20-17(30)10(3-6-16(28)29)21-12(24)2-1-7-22-14(26)4-5-15(22)27;;/h7-8,13H,4-6,9-12H2,1-3H3,(H2,22,27)(H,23,29)(H,24,33)(H,25,28);4-5,10H,1-3,6-9H2,(H2,18,23)(H,19,25)(H,20,30)(H,21,24)(H,28,29);2*1H4. The molecular weight excluding hydrogens is 876 g/mol. The number of amides is 12. The van der Waals surface area contributed by atoms with Crippen molar-refractivity contribution in [3.63, 3.8) is 0 Å². The van der Waals surface area contributed by atoms with Gasteiger partial charge in [0, 0.05) is 63.1 Å². The normalized spacial score (nSPS) is 13.4. The quantitative estimate of drug-likeness (QED) is 0.0295. The van der Waals surface area contributed by atoms with Crippen molar-refractivity contribution < 1.29 is 77.0 Å². The van der Waals surface area contributed by atoms with Gasteiger partial charge in [0.25, 0.3) is 23.6 Å². The highest BCUT2D eigenvalue weighted by Gasteiger charge is 2.27. The van der Waals surface area contributed by atoms with E-state index in [1.165, 1.54) is 0 Å². The lowest BCUT2D eigenvalue weighted by Crippen LogP contribution is -2.49. The molecule has 0 aromatic heterocycles. The first kappa shape index (κ1) is 60.5. The van der Waals surface area contributed by atoms with Crippen molar-refractivity contribution in [2.24, 2.45) is 11.5 Å². The largest absolute Gasteiger partial charge is 0.481 e. The first-order chi connectivity index (χ1) is 29.9. The van der Waals surface area contributed by atoms with E-state index >= 15 is 0 Å². The fourth-order valence-electron chi connectivity index (χ4n) is 5.17. The lowest BCUT2D eigenvalue weighted by Gasteiger charge is -2.21. The van der Waals surface area contributed by atoms with Gasteiger partial charge in [-0.15, -0.1) is 0 Å². The highest BCUT2D eigenvalue weighted by Crippen LogP contribution is 2.11. The highest BCUT2D eigenvalue weighted by atomic mass is 16.6. The van der Waals surface area contributed by atoms with Crippen LogP contribution in [0.1, 0.15) is 87.0 Å². The number of ether oxygens (including phenoxy) is 1. The van der Waals surface area contributed by atoms with Crippen LogP contribution in [0.5, 0.6) is 0 Å². The number of rotatable bonds is 26. The smallest absolute Gasteiger partial charge is 0.306 e. The van der Waals surface area contributed by atoms with E-state index in [9.17, 15) is 67.1 Å². The molecule has 0 bridgehead atoms. The number of hydrogen-bond acceptors (Lipinski definition) is 15. The van der Waals surface area contributed by atoms with Crippen LogP contribution in [0.4, 0.5) is 0 Å². The molecule has 2 heterocycles. The van der Waals surface area contributed by atoms with Crippen LogP contribution in [0, 0.1) is 0 Å². The number of esters is 1. The van der Waals surface area contributed by atoms with E-state index in [1.807, 2.05) is 0 Å². The second-order valence-corrected chi connectivity index (χ2v) is 14.7. The first-order valence-electron chi connectivity index (χ1n) is 19.6. The monoisotopic (exact) mass is 938 g/mol. The van der Waals surface area contributed by atoms with E-state index in [-0.39, 0.29) is 72.9 Å². The van der Waals surface area contributed by atoms with Crippen molar-refractivity contribution in [1.82, 2.24) is 41.7 Å². The topological polar surface area (TPSA) is 399 Å². The third-order valence-corrected chi connectivity index (χ3v) is 8.15. The molecule has 0 fully saturated rings. The lowest BCUT2D eigenvalue weighted by atomic mass is 10.1. The van der Waals surface area contributed by atoms with E-state index in [0.29, 0.717) is 0 Å².